The van der Waals surface area contributed by atoms with E-state index in [-0.39, 0.29) is 32.4 Å². The van der Waals surface area contributed by atoms with Crippen LogP contribution in [-0.4, -0.2) is 130 Å². The highest BCUT2D eigenvalue weighted by Gasteiger charge is 2.76. The molecule has 2 aliphatic carbocycles. The van der Waals surface area contributed by atoms with E-state index in [1.54, 1.807) is 58.9 Å². The molecule has 6 aliphatic rings. The zero-order valence-electron chi connectivity index (χ0n) is 37.3. The van der Waals surface area contributed by atoms with Crippen molar-refractivity contribution in [1.82, 2.24) is 15.7 Å². The van der Waals surface area contributed by atoms with Gasteiger partial charge in [-0.25, -0.2) is 9.59 Å². The number of aliphatic hydroxyl groups excluding tert-OH is 2. The Morgan fingerprint density at radius 1 is 0.969 bits per heavy atom. The van der Waals surface area contributed by atoms with E-state index in [0.29, 0.717) is 24.0 Å². The van der Waals surface area contributed by atoms with Gasteiger partial charge in [-0.15, -0.1) is 0 Å². The van der Waals surface area contributed by atoms with Crippen molar-refractivity contribution in [2.45, 2.75) is 146 Å². The number of esters is 4. The number of carbonyl (C=O) groups excluding carboxylic acids is 6. The van der Waals surface area contributed by atoms with Gasteiger partial charge >= 0.3 is 23.9 Å². The summed E-state index contributed by atoms with van der Waals surface area (Å²) in [6.07, 6.45) is -3.09. The van der Waals surface area contributed by atoms with Crippen molar-refractivity contribution in [2.24, 2.45) is 10.8 Å². The van der Waals surface area contributed by atoms with Gasteiger partial charge in [0.25, 0.3) is 0 Å². The molecule has 18 heteroatoms. The Labute approximate surface area is 376 Å². The molecule has 2 aromatic carbocycles. The van der Waals surface area contributed by atoms with Crippen LogP contribution in [0.1, 0.15) is 83.1 Å². The fourth-order valence-electron chi connectivity index (χ4n) is 9.88. The van der Waals surface area contributed by atoms with Gasteiger partial charge in [0, 0.05) is 37.2 Å². The van der Waals surface area contributed by atoms with E-state index in [1.165, 1.54) is 24.1 Å². The molecule has 65 heavy (non-hydrogen) atoms. The first-order chi connectivity index (χ1) is 30.7. The molecule has 1 saturated carbocycles. The second-order valence-corrected chi connectivity index (χ2v) is 19.6. The predicted octanol–water partition coefficient (Wildman–Crippen LogP) is 1.74. The lowest BCUT2D eigenvalue weighted by Crippen LogP contribution is -2.71. The van der Waals surface area contributed by atoms with Gasteiger partial charge in [0.05, 0.1) is 25.3 Å². The number of benzene rings is 2. The standard InChI is InChI=1S/C47H57N3O15/c1-25(52)34(40(55)48-30(23-51)16-18-33(54)62-44(2,3)4)49-43(58)47-21-31-35-36(64-46(63-35)19-27-12-8-9-13-28(27)20-46)38(47)65-50(37(47)41(56)60-31)22-29-14-10-7-11-26(29)15-17-32(53)61-39-42(57)59-24-45(39,5)6/h7-15,17,25,30-31,34-39,51-52H,16,18-24H2,1-6H3,(H,48,55)(H,49,58)/t25-,30-,31+,34+,35-,36-,37-,38+,39-,47-/m0/s1. The minimum absolute atomic E-state index is 0.0131. The van der Waals surface area contributed by atoms with Crippen LogP contribution in [0.2, 0.25) is 0 Å². The highest BCUT2D eigenvalue weighted by atomic mass is 16.8. The van der Waals surface area contributed by atoms with Crippen LogP contribution in [0, 0.1) is 10.8 Å². The molecule has 0 aromatic heterocycles. The van der Waals surface area contributed by atoms with Gasteiger partial charge in [-0.2, -0.15) is 5.06 Å². The number of amides is 2. The second-order valence-electron chi connectivity index (χ2n) is 19.6. The maximum absolute atomic E-state index is 15.2. The molecule has 2 aromatic rings. The number of nitrogens with zero attached hydrogens (tertiary/aromatic N) is 1. The summed E-state index contributed by atoms with van der Waals surface area (Å²) in [5.74, 6) is -5.46. The van der Waals surface area contributed by atoms with Crippen LogP contribution in [0.3, 0.4) is 0 Å². The molecule has 0 radical (unpaired) electrons. The van der Waals surface area contributed by atoms with Gasteiger partial charge < -0.3 is 49.3 Å². The summed E-state index contributed by atoms with van der Waals surface area (Å²) in [6.45, 7) is 9.46. The highest BCUT2D eigenvalue weighted by Crippen LogP contribution is 2.58. The molecule has 4 N–H and O–H groups in total. The van der Waals surface area contributed by atoms with Crippen molar-refractivity contribution >= 4 is 41.8 Å². The largest absolute Gasteiger partial charge is 0.462 e. The quantitative estimate of drug-likeness (QED) is 0.120. The molecule has 2 amide bonds. The Hall–Kier alpha value is -5.24. The molecule has 18 nitrogen and oxygen atoms in total. The van der Waals surface area contributed by atoms with Crippen LogP contribution in [0.25, 0.3) is 6.08 Å². The number of fused-ring (bicyclic) bond motifs is 5. The maximum atomic E-state index is 15.2. The van der Waals surface area contributed by atoms with Gasteiger partial charge in [0.1, 0.15) is 48.1 Å². The number of nitrogens with one attached hydrogen (secondary N) is 2. The molecule has 8 rings (SSSR count). The number of cyclic esters (lactones) is 1. The van der Waals surface area contributed by atoms with E-state index in [0.717, 1.165) is 11.1 Å². The maximum Gasteiger partial charge on any atom is 0.348 e. The van der Waals surface area contributed by atoms with Crippen LogP contribution in [0.4, 0.5) is 0 Å². The smallest absolute Gasteiger partial charge is 0.348 e. The van der Waals surface area contributed by atoms with Crippen LogP contribution >= 0.6 is 0 Å². The average molecular weight is 904 g/mol. The van der Waals surface area contributed by atoms with Crippen LogP contribution in [-0.2, 0) is 81.4 Å². The van der Waals surface area contributed by atoms with Crippen molar-refractivity contribution in [3.05, 3.63) is 76.9 Å². The van der Waals surface area contributed by atoms with E-state index in [1.807, 2.05) is 24.3 Å². The molecule has 5 fully saturated rings. The van der Waals surface area contributed by atoms with E-state index in [4.69, 9.17) is 33.3 Å². The monoisotopic (exact) mass is 903 g/mol. The van der Waals surface area contributed by atoms with E-state index in [2.05, 4.69) is 10.6 Å². The first kappa shape index (κ1) is 46.3. The Morgan fingerprint density at radius 3 is 2.29 bits per heavy atom. The first-order valence-electron chi connectivity index (χ1n) is 22.0. The third-order valence-corrected chi connectivity index (χ3v) is 13.0. The van der Waals surface area contributed by atoms with E-state index in [9.17, 15) is 34.2 Å². The molecule has 4 aliphatic heterocycles. The number of ether oxygens (including phenoxy) is 6. The Morgan fingerprint density at radius 2 is 1.65 bits per heavy atom. The third-order valence-electron chi connectivity index (χ3n) is 13.0. The van der Waals surface area contributed by atoms with E-state index < -0.39 is 119 Å². The summed E-state index contributed by atoms with van der Waals surface area (Å²) in [5.41, 5.74) is -0.0246. The summed E-state index contributed by atoms with van der Waals surface area (Å²) >= 11 is 0. The van der Waals surface area contributed by atoms with Crippen molar-refractivity contribution in [3.63, 3.8) is 0 Å². The van der Waals surface area contributed by atoms with Gasteiger partial charge in [-0.1, -0.05) is 62.4 Å². The van der Waals surface area contributed by atoms with Crippen molar-refractivity contribution in [2.75, 3.05) is 13.2 Å². The third kappa shape index (κ3) is 9.03. The fourth-order valence-corrected chi connectivity index (χ4v) is 9.88. The molecular formula is C47H57N3O15. The number of rotatable bonds is 14. The zero-order chi connectivity index (χ0) is 46.6. The van der Waals surface area contributed by atoms with Gasteiger partial charge in [-0.05, 0) is 62.4 Å². The summed E-state index contributed by atoms with van der Waals surface area (Å²) in [5, 5.41) is 27.8. The number of hydroxylamine groups is 2. The molecule has 4 saturated heterocycles. The molecule has 350 valence electrons. The summed E-state index contributed by atoms with van der Waals surface area (Å²) < 4.78 is 35.6. The first-order valence-corrected chi connectivity index (χ1v) is 22.0. The Kier molecular flexibility index (Phi) is 12.5. The molecule has 1 spiro atoms. The average Bonchev–Trinajstić information content (AvgIpc) is 3.97. The van der Waals surface area contributed by atoms with Crippen molar-refractivity contribution < 1.29 is 72.2 Å². The number of hydrogen-bond donors (Lipinski definition) is 4. The Bertz CT molecular complexity index is 2230. The van der Waals surface area contributed by atoms with Crippen LogP contribution in [0.15, 0.2) is 54.6 Å². The van der Waals surface area contributed by atoms with Crippen LogP contribution < -0.4 is 10.6 Å². The van der Waals surface area contributed by atoms with E-state index >= 15 is 4.79 Å². The minimum Gasteiger partial charge on any atom is -0.462 e. The lowest BCUT2D eigenvalue weighted by atomic mass is 9.62. The lowest BCUT2D eigenvalue weighted by molar-refractivity contribution is -0.217. The van der Waals surface area contributed by atoms with Gasteiger partial charge in [-0.3, -0.25) is 24.0 Å². The predicted molar refractivity (Wildman–Crippen MR) is 225 cm³/mol. The lowest BCUT2D eigenvalue weighted by Gasteiger charge is -2.49. The molecular weight excluding hydrogens is 847 g/mol. The highest BCUT2D eigenvalue weighted by molar-refractivity contribution is 5.96. The molecule has 4 heterocycles. The molecule has 2 bridgehead atoms. The van der Waals surface area contributed by atoms with Crippen molar-refractivity contribution in [3.8, 4) is 0 Å². The zero-order valence-corrected chi connectivity index (χ0v) is 37.3. The summed E-state index contributed by atoms with van der Waals surface area (Å²) in [4.78, 5) is 87.9. The van der Waals surface area contributed by atoms with Gasteiger partial charge in [0.15, 0.2) is 11.8 Å². The van der Waals surface area contributed by atoms with Gasteiger partial charge in [0.2, 0.25) is 17.9 Å². The van der Waals surface area contributed by atoms with Crippen molar-refractivity contribution in [1.29, 1.82) is 0 Å². The normalized spacial score (nSPS) is 29.6. The molecule has 10 atom stereocenters. The Balaban J connectivity index is 1.07. The SMILES string of the molecule is C[C@H](O)[C@@H](NC(=O)[C@@]12C[C@H]3OC(=O)[C@@H]1N(Cc1ccccc1C=CC(=O)O[C@H]1C(=O)OCC1(C)C)O[C@@H]2[C@H]1OC2(Cc4ccccc4C2)O[C@H]13)C(=O)N[C@H](CO)CCC(=O)OC(C)(C)C. The fraction of sp³-hybridized carbons (Fsp3) is 0.574. The number of carbonyl (C=O) groups is 6. The van der Waals surface area contributed by atoms with Crippen LogP contribution in [0.5, 0.6) is 0 Å². The molecule has 0 unspecified atom stereocenters. The number of hydrogen-bond acceptors (Lipinski definition) is 16. The minimum atomic E-state index is -1.75. The second kappa shape index (κ2) is 17.5. The summed E-state index contributed by atoms with van der Waals surface area (Å²) in [6, 6.07) is 10.9. The summed E-state index contributed by atoms with van der Waals surface area (Å²) in [7, 11) is 0. The number of aliphatic hydroxyl groups is 2. The topological polar surface area (TPSA) is 235 Å².